The molecule has 0 aliphatic carbocycles. The van der Waals surface area contributed by atoms with Crippen LogP contribution in [0.25, 0.3) is 0 Å². The van der Waals surface area contributed by atoms with E-state index in [1.807, 2.05) is 0 Å². The molecule has 0 aliphatic heterocycles. The van der Waals surface area contributed by atoms with Crippen molar-refractivity contribution in [3.8, 4) is 0 Å². The Morgan fingerprint density at radius 2 is 2.37 bits per heavy atom. The van der Waals surface area contributed by atoms with Crippen LogP contribution in [0.5, 0.6) is 0 Å². The largest absolute Gasteiger partial charge is 0.334 e. The van der Waals surface area contributed by atoms with Gasteiger partial charge in [-0.15, -0.1) is 0 Å². The molecule has 2 rings (SSSR count). The molecule has 1 amide bonds. The molecule has 19 heavy (non-hydrogen) atoms. The molecule has 0 unspecified atom stereocenters. The van der Waals surface area contributed by atoms with Gasteiger partial charge in [0.2, 0.25) is 0 Å². The number of benzene rings is 1. The smallest absolute Gasteiger partial charge is 0.256 e. The molecule has 2 aromatic rings. The molecule has 4 N–H and O–H groups in total. The van der Waals surface area contributed by atoms with E-state index in [1.165, 1.54) is 11.2 Å². The molecule has 8 heteroatoms. The summed E-state index contributed by atoms with van der Waals surface area (Å²) >= 11 is 5.90. The lowest BCUT2D eigenvalue weighted by molar-refractivity contribution is 0.0782. The van der Waals surface area contributed by atoms with E-state index in [1.54, 1.807) is 25.2 Å². The summed E-state index contributed by atoms with van der Waals surface area (Å²) in [7, 11) is 1.66. The van der Waals surface area contributed by atoms with Crippen LogP contribution in [0, 0.1) is 0 Å². The van der Waals surface area contributed by atoms with E-state index in [0.29, 0.717) is 28.6 Å². The average Bonchev–Trinajstić information content (AvgIpc) is 2.90. The first-order chi connectivity index (χ1) is 9.11. The van der Waals surface area contributed by atoms with Crippen molar-refractivity contribution in [2.45, 2.75) is 6.54 Å². The maximum atomic E-state index is 12.3. The SMILES string of the molecule is CN(Cc1ncn[nH]1)C(=O)c1cc(Cl)ccc1NN. The van der Waals surface area contributed by atoms with Gasteiger partial charge in [-0.2, -0.15) is 5.10 Å². The summed E-state index contributed by atoms with van der Waals surface area (Å²) in [5.41, 5.74) is 3.39. The molecule has 0 fully saturated rings. The Labute approximate surface area is 114 Å². The summed E-state index contributed by atoms with van der Waals surface area (Å²) in [6.07, 6.45) is 1.39. The highest BCUT2D eigenvalue weighted by Crippen LogP contribution is 2.21. The molecular formula is C11H13ClN6O. The number of nitrogens with zero attached hydrogens (tertiary/aromatic N) is 3. The molecule has 1 aromatic heterocycles. The summed E-state index contributed by atoms with van der Waals surface area (Å²) < 4.78 is 0. The number of hydrogen-bond acceptors (Lipinski definition) is 5. The van der Waals surface area contributed by atoms with Gasteiger partial charge in [-0.1, -0.05) is 11.6 Å². The second-order valence-corrected chi connectivity index (χ2v) is 4.36. The van der Waals surface area contributed by atoms with Gasteiger partial charge < -0.3 is 10.3 Å². The maximum Gasteiger partial charge on any atom is 0.256 e. The highest BCUT2D eigenvalue weighted by atomic mass is 35.5. The molecule has 0 radical (unpaired) electrons. The summed E-state index contributed by atoms with van der Waals surface area (Å²) in [6.45, 7) is 0.315. The average molecular weight is 281 g/mol. The molecular weight excluding hydrogens is 268 g/mol. The number of nitrogens with two attached hydrogens (primary N) is 1. The Morgan fingerprint density at radius 1 is 1.58 bits per heavy atom. The molecule has 1 heterocycles. The Hall–Kier alpha value is -2.12. The second kappa shape index (κ2) is 5.68. The first kappa shape index (κ1) is 13.3. The predicted octanol–water partition coefficient (Wildman–Crippen LogP) is 1.02. The summed E-state index contributed by atoms with van der Waals surface area (Å²) in [6, 6.07) is 4.87. The van der Waals surface area contributed by atoms with Crippen LogP contribution >= 0.6 is 11.6 Å². The zero-order valence-electron chi connectivity index (χ0n) is 10.2. The summed E-state index contributed by atoms with van der Waals surface area (Å²) in [5, 5.41) is 6.89. The number of halogens is 1. The molecule has 0 bridgehead atoms. The van der Waals surface area contributed by atoms with Crippen LogP contribution < -0.4 is 11.3 Å². The number of hydrogen-bond donors (Lipinski definition) is 3. The van der Waals surface area contributed by atoms with E-state index in [4.69, 9.17) is 17.4 Å². The molecule has 100 valence electrons. The third-order valence-corrected chi connectivity index (χ3v) is 2.80. The first-order valence-corrected chi connectivity index (χ1v) is 5.85. The highest BCUT2D eigenvalue weighted by Gasteiger charge is 2.17. The van der Waals surface area contributed by atoms with Crippen LogP contribution in [-0.2, 0) is 6.54 Å². The van der Waals surface area contributed by atoms with E-state index < -0.39 is 0 Å². The number of rotatable bonds is 4. The van der Waals surface area contributed by atoms with E-state index in [9.17, 15) is 4.79 Å². The standard InChI is InChI=1S/C11H13ClN6O/c1-18(5-10-14-6-15-17-10)11(19)8-4-7(12)2-3-9(8)16-13/h2-4,6,16H,5,13H2,1H3,(H,14,15,17). The van der Waals surface area contributed by atoms with Crippen LogP contribution in [0.2, 0.25) is 5.02 Å². The molecule has 7 nitrogen and oxygen atoms in total. The molecule has 0 saturated carbocycles. The number of hydrazine groups is 1. The van der Waals surface area contributed by atoms with Crippen molar-refractivity contribution >= 4 is 23.2 Å². The van der Waals surface area contributed by atoms with Gasteiger partial charge in [0.1, 0.15) is 12.2 Å². The fraction of sp³-hybridized carbons (Fsp3) is 0.182. The van der Waals surface area contributed by atoms with Gasteiger partial charge in [-0.25, -0.2) is 4.98 Å². The van der Waals surface area contributed by atoms with Crippen molar-refractivity contribution in [3.05, 3.63) is 40.9 Å². The minimum atomic E-state index is -0.216. The summed E-state index contributed by atoms with van der Waals surface area (Å²) in [4.78, 5) is 17.8. The lowest BCUT2D eigenvalue weighted by atomic mass is 10.1. The van der Waals surface area contributed by atoms with Crippen LogP contribution in [0.1, 0.15) is 16.2 Å². The van der Waals surface area contributed by atoms with Crippen LogP contribution in [-0.4, -0.2) is 33.0 Å². The maximum absolute atomic E-state index is 12.3. The highest BCUT2D eigenvalue weighted by molar-refractivity contribution is 6.31. The van der Waals surface area contributed by atoms with Crippen molar-refractivity contribution in [3.63, 3.8) is 0 Å². The fourth-order valence-electron chi connectivity index (χ4n) is 1.63. The van der Waals surface area contributed by atoms with Crippen molar-refractivity contribution < 1.29 is 4.79 Å². The third-order valence-electron chi connectivity index (χ3n) is 2.57. The van der Waals surface area contributed by atoms with E-state index in [-0.39, 0.29) is 5.91 Å². The van der Waals surface area contributed by atoms with Gasteiger partial charge in [-0.3, -0.25) is 15.7 Å². The van der Waals surface area contributed by atoms with Gasteiger partial charge in [0.25, 0.3) is 5.91 Å². The minimum absolute atomic E-state index is 0.216. The number of amides is 1. The Morgan fingerprint density at radius 3 is 3.00 bits per heavy atom. The van der Waals surface area contributed by atoms with Gasteiger partial charge in [0, 0.05) is 12.1 Å². The van der Waals surface area contributed by atoms with E-state index in [0.717, 1.165) is 0 Å². The lowest BCUT2D eigenvalue weighted by Crippen LogP contribution is -2.28. The van der Waals surface area contributed by atoms with Gasteiger partial charge >= 0.3 is 0 Å². The van der Waals surface area contributed by atoms with Crippen molar-refractivity contribution in [2.75, 3.05) is 12.5 Å². The topological polar surface area (TPSA) is 99.9 Å². The van der Waals surface area contributed by atoms with Gasteiger partial charge in [0.15, 0.2) is 0 Å². The second-order valence-electron chi connectivity index (χ2n) is 3.93. The zero-order chi connectivity index (χ0) is 13.8. The zero-order valence-corrected chi connectivity index (χ0v) is 11.0. The minimum Gasteiger partial charge on any atom is -0.334 e. The third kappa shape index (κ3) is 3.01. The molecule has 0 saturated heterocycles. The Kier molecular flexibility index (Phi) is 3.98. The Balaban J connectivity index is 2.21. The number of anilines is 1. The van der Waals surface area contributed by atoms with E-state index in [2.05, 4.69) is 20.6 Å². The number of nitrogen functional groups attached to an aromatic ring is 1. The number of carbonyl (C=O) groups is 1. The number of nitrogens with one attached hydrogen (secondary N) is 2. The normalized spacial score (nSPS) is 10.3. The van der Waals surface area contributed by atoms with Crippen LogP contribution in [0.3, 0.4) is 0 Å². The van der Waals surface area contributed by atoms with Gasteiger partial charge in [-0.05, 0) is 18.2 Å². The number of carbonyl (C=O) groups excluding carboxylic acids is 1. The monoisotopic (exact) mass is 280 g/mol. The van der Waals surface area contributed by atoms with Crippen molar-refractivity contribution in [2.24, 2.45) is 5.84 Å². The van der Waals surface area contributed by atoms with Crippen LogP contribution in [0.15, 0.2) is 24.5 Å². The Bertz CT molecular complexity index is 571. The lowest BCUT2D eigenvalue weighted by Gasteiger charge is -2.17. The molecule has 0 atom stereocenters. The van der Waals surface area contributed by atoms with Crippen LogP contribution in [0.4, 0.5) is 5.69 Å². The fourth-order valence-corrected chi connectivity index (χ4v) is 1.80. The molecule has 0 aliphatic rings. The number of H-pyrrole nitrogens is 1. The predicted molar refractivity (Wildman–Crippen MR) is 71.4 cm³/mol. The number of aromatic nitrogens is 3. The molecule has 1 aromatic carbocycles. The summed E-state index contributed by atoms with van der Waals surface area (Å²) in [5.74, 6) is 5.76. The van der Waals surface area contributed by atoms with E-state index >= 15 is 0 Å². The first-order valence-electron chi connectivity index (χ1n) is 5.47. The quantitative estimate of drug-likeness (QED) is 0.573. The number of aromatic amines is 1. The van der Waals surface area contributed by atoms with Gasteiger partial charge in [0.05, 0.1) is 17.8 Å². The van der Waals surface area contributed by atoms with Crippen molar-refractivity contribution in [1.29, 1.82) is 0 Å². The van der Waals surface area contributed by atoms with Crippen molar-refractivity contribution in [1.82, 2.24) is 20.1 Å². The molecule has 0 spiro atoms.